The molecular formula is C21H26N4O2. The lowest BCUT2D eigenvalue weighted by atomic mass is 9.49. The van der Waals surface area contributed by atoms with Crippen molar-refractivity contribution >= 4 is 5.91 Å². The molecule has 4 fully saturated rings. The summed E-state index contributed by atoms with van der Waals surface area (Å²) in [6.07, 6.45) is 12.0. The Kier molecular flexibility index (Phi) is 4.02. The summed E-state index contributed by atoms with van der Waals surface area (Å²) in [7, 11) is 0. The van der Waals surface area contributed by atoms with Crippen molar-refractivity contribution in [2.45, 2.75) is 57.9 Å². The van der Waals surface area contributed by atoms with Gasteiger partial charge >= 0.3 is 0 Å². The SMILES string of the molecule is C[C@@H](NC(=O)CC12CC3CC(CC(C3)C1)C2)c1nc(-c2ccncc2)no1. The van der Waals surface area contributed by atoms with Crippen LogP contribution in [0.2, 0.25) is 0 Å². The maximum atomic E-state index is 12.8. The summed E-state index contributed by atoms with van der Waals surface area (Å²) < 4.78 is 5.38. The Bertz CT molecular complexity index is 796. The minimum atomic E-state index is -0.283. The number of nitrogens with zero attached hydrogens (tertiary/aromatic N) is 3. The molecule has 0 unspecified atom stereocenters. The molecule has 0 aliphatic heterocycles. The molecule has 2 aromatic heterocycles. The first kappa shape index (κ1) is 16.9. The van der Waals surface area contributed by atoms with Gasteiger partial charge in [-0.15, -0.1) is 0 Å². The van der Waals surface area contributed by atoms with Crippen LogP contribution in [0.1, 0.15) is 63.8 Å². The van der Waals surface area contributed by atoms with E-state index in [1.165, 1.54) is 38.5 Å². The molecule has 0 aromatic carbocycles. The molecular weight excluding hydrogens is 340 g/mol. The summed E-state index contributed by atoms with van der Waals surface area (Å²) in [5.74, 6) is 3.67. The Balaban J connectivity index is 1.23. The first-order chi connectivity index (χ1) is 13.1. The molecule has 1 amide bonds. The van der Waals surface area contributed by atoms with Crippen LogP contribution in [-0.2, 0) is 4.79 Å². The van der Waals surface area contributed by atoms with Crippen molar-refractivity contribution in [1.82, 2.24) is 20.4 Å². The molecule has 4 aliphatic carbocycles. The van der Waals surface area contributed by atoms with Gasteiger partial charge in [0.05, 0.1) is 0 Å². The van der Waals surface area contributed by atoms with Gasteiger partial charge in [-0.3, -0.25) is 9.78 Å². The number of nitrogens with one attached hydrogen (secondary N) is 1. The fourth-order valence-electron chi connectivity index (χ4n) is 6.23. The molecule has 4 bridgehead atoms. The van der Waals surface area contributed by atoms with Gasteiger partial charge in [0.1, 0.15) is 6.04 Å². The number of amides is 1. The van der Waals surface area contributed by atoms with Gasteiger partial charge in [0.15, 0.2) is 0 Å². The maximum Gasteiger partial charge on any atom is 0.249 e. The summed E-state index contributed by atoms with van der Waals surface area (Å²) in [5.41, 5.74) is 1.10. The van der Waals surface area contributed by atoms with Crippen LogP contribution < -0.4 is 5.32 Å². The fraction of sp³-hybridized carbons (Fsp3) is 0.619. The van der Waals surface area contributed by atoms with Crippen LogP contribution in [0.4, 0.5) is 0 Å². The van der Waals surface area contributed by atoms with Crippen molar-refractivity contribution in [1.29, 1.82) is 0 Å². The second kappa shape index (κ2) is 6.43. The van der Waals surface area contributed by atoms with Crippen LogP contribution in [0.15, 0.2) is 29.0 Å². The quantitative estimate of drug-likeness (QED) is 0.867. The number of carbonyl (C=O) groups excluding carboxylic acids is 1. The summed E-state index contributed by atoms with van der Waals surface area (Å²) in [5, 5.41) is 7.12. The zero-order valence-corrected chi connectivity index (χ0v) is 15.7. The van der Waals surface area contributed by atoms with E-state index in [1.807, 2.05) is 19.1 Å². The zero-order chi connectivity index (χ0) is 18.4. The van der Waals surface area contributed by atoms with E-state index < -0.39 is 0 Å². The molecule has 1 N–H and O–H groups in total. The summed E-state index contributed by atoms with van der Waals surface area (Å²) in [6, 6.07) is 3.39. The molecule has 1 atom stereocenters. The van der Waals surface area contributed by atoms with Gasteiger partial charge in [0, 0.05) is 24.4 Å². The normalized spacial score (nSPS) is 32.4. The van der Waals surface area contributed by atoms with Gasteiger partial charge in [0.2, 0.25) is 17.6 Å². The average Bonchev–Trinajstić information content (AvgIpc) is 3.11. The van der Waals surface area contributed by atoms with Crippen molar-refractivity contribution in [3.8, 4) is 11.4 Å². The summed E-state index contributed by atoms with van der Waals surface area (Å²) in [4.78, 5) is 21.2. The van der Waals surface area contributed by atoms with E-state index in [2.05, 4.69) is 20.4 Å². The molecule has 6 rings (SSSR count). The van der Waals surface area contributed by atoms with Crippen LogP contribution in [0.3, 0.4) is 0 Å². The lowest BCUT2D eigenvalue weighted by Gasteiger charge is -2.56. The Morgan fingerprint density at radius 1 is 1.19 bits per heavy atom. The molecule has 0 spiro atoms. The van der Waals surface area contributed by atoms with E-state index in [0.717, 1.165) is 23.3 Å². The molecule has 6 heteroatoms. The van der Waals surface area contributed by atoms with Gasteiger partial charge in [-0.25, -0.2) is 0 Å². The van der Waals surface area contributed by atoms with Gasteiger partial charge < -0.3 is 9.84 Å². The molecule has 0 radical (unpaired) electrons. The van der Waals surface area contributed by atoms with Gasteiger partial charge in [-0.1, -0.05) is 5.16 Å². The first-order valence-electron chi connectivity index (χ1n) is 10.1. The third-order valence-electron chi connectivity index (χ3n) is 6.83. The highest BCUT2D eigenvalue weighted by Gasteiger charge is 2.51. The maximum absolute atomic E-state index is 12.8. The van der Waals surface area contributed by atoms with Gasteiger partial charge in [0.25, 0.3) is 0 Å². The highest BCUT2D eigenvalue weighted by molar-refractivity contribution is 5.77. The van der Waals surface area contributed by atoms with Crippen LogP contribution >= 0.6 is 0 Å². The minimum Gasteiger partial charge on any atom is -0.345 e. The molecule has 2 heterocycles. The second-order valence-electron chi connectivity index (χ2n) is 9.08. The summed E-state index contributed by atoms with van der Waals surface area (Å²) >= 11 is 0. The number of hydrogen-bond donors (Lipinski definition) is 1. The minimum absolute atomic E-state index is 0.119. The molecule has 4 aliphatic rings. The van der Waals surface area contributed by atoms with E-state index in [-0.39, 0.29) is 17.4 Å². The average molecular weight is 366 g/mol. The van der Waals surface area contributed by atoms with E-state index >= 15 is 0 Å². The van der Waals surface area contributed by atoms with Crippen molar-refractivity contribution in [2.75, 3.05) is 0 Å². The van der Waals surface area contributed by atoms with Gasteiger partial charge in [-0.2, -0.15) is 4.98 Å². The molecule has 6 nitrogen and oxygen atoms in total. The Morgan fingerprint density at radius 2 is 1.81 bits per heavy atom. The van der Waals surface area contributed by atoms with Crippen LogP contribution in [0.5, 0.6) is 0 Å². The van der Waals surface area contributed by atoms with Crippen molar-refractivity contribution in [2.24, 2.45) is 23.2 Å². The topological polar surface area (TPSA) is 80.9 Å². The molecule has 0 saturated heterocycles. The predicted molar refractivity (Wildman–Crippen MR) is 99.3 cm³/mol. The molecule has 142 valence electrons. The van der Waals surface area contributed by atoms with E-state index in [4.69, 9.17) is 4.52 Å². The van der Waals surface area contributed by atoms with Crippen molar-refractivity contribution in [3.63, 3.8) is 0 Å². The molecule has 4 saturated carbocycles. The number of carbonyl (C=O) groups is 1. The first-order valence-corrected chi connectivity index (χ1v) is 10.1. The Labute approximate surface area is 159 Å². The Morgan fingerprint density at radius 3 is 2.44 bits per heavy atom. The third kappa shape index (κ3) is 3.26. The van der Waals surface area contributed by atoms with Crippen molar-refractivity contribution in [3.05, 3.63) is 30.4 Å². The number of hydrogen-bond acceptors (Lipinski definition) is 5. The predicted octanol–water partition coefficient (Wildman–Crippen LogP) is 3.92. The number of pyridine rings is 1. The van der Waals surface area contributed by atoms with Crippen molar-refractivity contribution < 1.29 is 9.32 Å². The highest BCUT2D eigenvalue weighted by atomic mass is 16.5. The zero-order valence-electron chi connectivity index (χ0n) is 15.7. The standard InChI is InChI=1S/C21H26N4O2/c1-13(20-24-19(25-27-20)17-2-4-22-5-3-17)23-18(26)12-21-9-14-6-15(10-21)8-16(7-14)11-21/h2-5,13-16H,6-12H2,1H3,(H,23,26)/t13-,14?,15?,16?,21?/m1/s1. The van der Waals surface area contributed by atoms with Gasteiger partial charge in [-0.05, 0) is 80.8 Å². The summed E-state index contributed by atoms with van der Waals surface area (Å²) in [6.45, 7) is 1.90. The molecule has 2 aromatic rings. The van der Waals surface area contributed by atoms with Crippen LogP contribution in [0, 0.1) is 23.2 Å². The Hall–Kier alpha value is -2.24. The molecule has 27 heavy (non-hydrogen) atoms. The lowest BCUT2D eigenvalue weighted by Crippen LogP contribution is -2.48. The smallest absolute Gasteiger partial charge is 0.249 e. The monoisotopic (exact) mass is 366 g/mol. The number of aromatic nitrogens is 3. The van der Waals surface area contributed by atoms with E-state index in [9.17, 15) is 4.79 Å². The largest absolute Gasteiger partial charge is 0.345 e. The fourth-order valence-corrected chi connectivity index (χ4v) is 6.23. The lowest BCUT2D eigenvalue weighted by molar-refractivity contribution is -0.130. The second-order valence-corrected chi connectivity index (χ2v) is 9.08. The van der Waals surface area contributed by atoms with Crippen LogP contribution in [0.25, 0.3) is 11.4 Å². The van der Waals surface area contributed by atoms with E-state index in [1.54, 1.807) is 12.4 Å². The third-order valence-corrected chi connectivity index (χ3v) is 6.83. The number of rotatable bonds is 5. The highest BCUT2D eigenvalue weighted by Crippen LogP contribution is 2.61. The van der Waals surface area contributed by atoms with Crippen LogP contribution in [-0.4, -0.2) is 21.0 Å². The van der Waals surface area contributed by atoms with E-state index in [0.29, 0.717) is 18.1 Å².